The van der Waals surface area contributed by atoms with Gasteiger partial charge in [-0.2, -0.15) is 0 Å². The average molecular weight is 242 g/mol. The molecule has 0 aromatic heterocycles. The van der Waals surface area contributed by atoms with Gasteiger partial charge in [-0.1, -0.05) is 0 Å². The summed E-state index contributed by atoms with van der Waals surface area (Å²) in [7, 11) is 8.92. The van der Waals surface area contributed by atoms with Crippen LogP contribution >= 0.6 is 0 Å². The van der Waals surface area contributed by atoms with E-state index in [4.69, 9.17) is 0 Å². The lowest BCUT2D eigenvalue weighted by molar-refractivity contribution is 0.147. The van der Waals surface area contributed by atoms with Crippen LogP contribution in [0.5, 0.6) is 0 Å². The molecule has 0 aliphatic carbocycles. The molecule has 0 aromatic rings. The van der Waals surface area contributed by atoms with E-state index in [0.29, 0.717) is 6.04 Å². The summed E-state index contributed by atoms with van der Waals surface area (Å²) in [5.41, 5.74) is 0. The third kappa shape index (κ3) is 5.82. The van der Waals surface area contributed by atoms with Gasteiger partial charge in [-0.25, -0.2) is 0 Å². The lowest BCUT2D eigenvalue weighted by atomic mass is 10.2. The molecule has 0 radical (unpaired) electrons. The second-order valence-electron chi connectivity index (χ2n) is 5.70. The van der Waals surface area contributed by atoms with E-state index >= 15 is 0 Å². The predicted octanol–water partition coefficient (Wildman–Crippen LogP) is 0.116. The molecule has 102 valence electrons. The summed E-state index contributed by atoms with van der Waals surface area (Å²) >= 11 is 0. The fourth-order valence-electron chi connectivity index (χ4n) is 2.14. The zero-order valence-electron chi connectivity index (χ0n) is 12.3. The Labute approximate surface area is 107 Å². The molecule has 1 heterocycles. The van der Waals surface area contributed by atoms with Crippen LogP contribution in [0.4, 0.5) is 0 Å². The zero-order chi connectivity index (χ0) is 12.8. The van der Waals surface area contributed by atoms with Crippen molar-refractivity contribution in [2.75, 3.05) is 74.0 Å². The Bertz CT molecular complexity index is 210. The van der Waals surface area contributed by atoms with Gasteiger partial charge in [0.15, 0.2) is 0 Å². The second-order valence-corrected chi connectivity index (χ2v) is 5.70. The largest absolute Gasteiger partial charge is 0.304 e. The molecule has 0 aromatic carbocycles. The lowest BCUT2D eigenvalue weighted by Gasteiger charge is -2.32. The Morgan fingerprint density at radius 1 is 0.647 bits per heavy atom. The topological polar surface area (TPSA) is 13.0 Å². The van der Waals surface area contributed by atoms with E-state index in [1.807, 2.05) is 0 Å². The Morgan fingerprint density at radius 2 is 1.06 bits per heavy atom. The van der Waals surface area contributed by atoms with Crippen molar-refractivity contribution in [3.63, 3.8) is 0 Å². The molecule has 0 amide bonds. The molecule has 1 fully saturated rings. The van der Waals surface area contributed by atoms with Crippen LogP contribution in [0.25, 0.3) is 0 Å². The summed E-state index contributed by atoms with van der Waals surface area (Å²) in [6.45, 7) is 10.5. The van der Waals surface area contributed by atoms with E-state index < -0.39 is 0 Å². The molecule has 1 atom stereocenters. The highest BCUT2D eigenvalue weighted by Gasteiger charge is 2.14. The third-order valence-electron chi connectivity index (χ3n) is 3.89. The van der Waals surface area contributed by atoms with E-state index in [1.165, 1.54) is 32.7 Å². The van der Waals surface area contributed by atoms with E-state index in [0.717, 1.165) is 13.1 Å². The predicted molar refractivity (Wildman–Crippen MR) is 74.6 cm³/mol. The quantitative estimate of drug-likeness (QED) is 0.598. The minimum Gasteiger partial charge on any atom is -0.304 e. The van der Waals surface area contributed by atoms with E-state index in [1.54, 1.807) is 0 Å². The van der Waals surface area contributed by atoms with Crippen molar-refractivity contribution in [3.05, 3.63) is 0 Å². The highest BCUT2D eigenvalue weighted by molar-refractivity contribution is 4.71. The van der Waals surface area contributed by atoms with Crippen LogP contribution in [0.15, 0.2) is 0 Å². The highest BCUT2D eigenvalue weighted by Crippen LogP contribution is 2.00. The van der Waals surface area contributed by atoms with Gasteiger partial charge in [0.25, 0.3) is 0 Å². The smallest absolute Gasteiger partial charge is 0.0192 e. The van der Waals surface area contributed by atoms with Crippen molar-refractivity contribution in [3.8, 4) is 0 Å². The molecule has 4 heteroatoms. The van der Waals surface area contributed by atoms with Crippen LogP contribution in [0.1, 0.15) is 6.92 Å². The number of likely N-dealkylation sites (N-methyl/N-ethyl adjacent to an activating group) is 4. The van der Waals surface area contributed by atoms with Gasteiger partial charge in [0.1, 0.15) is 0 Å². The highest BCUT2D eigenvalue weighted by atomic mass is 15.2. The SMILES string of the molecule is CC1CN(C)CCN(C)CCN(C)CCN1C. The maximum Gasteiger partial charge on any atom is 0.0192 e. The third-order valence-corrected chi connectivity index (χ3v) is 3.89. The van der Waals surface area contributed by atoms with Crippen LogP contribution in [0, 0.1) is 0 Å². The molecular weight excluding hydrogens is 212 g/mol. The summed E-state index contributed by atoms with van der Waals surface area (Å²) in [5, 5.41) is 0. The summed E-state index contributed by atoms with van der Waals surface area (Å²) in [6, 6.07) is 0.637. The minimum absolute atomic E-state index is 0.637. The molecule has 17 heavy (non-hydrogen) atoms. The van der Waals surface area contributed by atoms with Crippen molar-refractivity contribution in [2.45, 2.75) is 13.0 Å². The summed E-state index contributed by atoms with van der Waals surface area (Å²) in [4.78, 5) is 9.79. The Hall–Kier alpha value is -0.160. The molecule has 1 rings (SSSR count). The van der Waals surface area contributed by atoms with Crippen molar-refractivity contribution in [1.82, 2.24) is 19.6 Å². The number of hydrogen-bond donors (Lipinski definition) is 0. The maximum absolute atomic E-state index is 2.47. The first-order chi connectivity index (χ1) is 7.99. The number of rotatable bonds is 0. The normalized spacial score (nSPS) is 29.8. The van der Waals surface area contributed by atoms with E-state index in [-0.39, 0.29) is 0 Å². The summed E-state index contributed by atoms with van der Waals surface area (Å²) < 4.78 is 0. The van der Waals surface area contributed by atoms with Gasteiger partial charge in [0.05, 0.1) is 0 Å². The zero-order valence-corrected chi connectivity index (χ0v) is 12.3. The Balaban J connectivity index is 2.50. The molecule has 0 spiro atoms. The molecule has 1 aliphatic rings. The number of nitrogens with zero attached hydrogens (tertiary/aromatic N) is 4. The van der Waals surface area contributed by atoms with Crippen LogP contribution < -0.4 is 0 Å². The van der Waals surface area contributed by atoms with E-state index in [2.05, 4.69) is 54.7 Å². The number of hydrogen-bond acceptors (Lipinski definition) is 4. The fraction of sp³-hybridized carbons (Fsp3) is 1.00. The van der Waals surface area contributed by atoms with Crippen molar-refractivity contribution >= 4 is 0 Å². The van der Waals surface area contributed by atoms with Crippen molar-refractivity contribution in [1.29, 1.82) is 0 Å². The first-order valence-corrected chi connectivity index (χ1v) is 6.75. The first kappa shape index (κ1) is 14.9. The molecular formula is C13H30N4. The monoisotopic (exact) mass is 242 g/mol. The second kappa shape index (κ2) is 7.31. The maximum atomic E-state index is 2.47. The van der Waals surface area contributed by atoms with Gasteiger partial charge in [-0.05, 0) is 35.1 Å². The summed E-state index contributed by atoms with van der Waals surface area (Å²) in [6.07, 6.45) is 0. The van der Waals surface area contributed by atoms with Gasteiger partial charge in [-0.15, -0.1) is 0 Å². The van der Waals surface area contributed by atoms with Crippen LogP contribution in [-0.2, 0) is 0 Å². The van der Waals surface area contributed by atoms with E-state index in [9.17, 15) is 0 Å². The summed E-state index contributed by atoms with van der Waals surface area (Å²) in [5.74, 6) is 0. The van der Waals surface area contributed by atoms with Gasteiger partial charge in [-0.3, -0.25) is 0 Å². The van der Waals surface area contributed by atoms with Crippen molar-refractivity contribution in [2.24, 2.45) is 0 Å². The van der Waals surface area contributed by atoms with Gasteiger partial charge in [0, 0.05) is 51.9 Å². The molecule has 0 bridgehead atoms. The molecule has 1 unspecified atom stereocenters. The van der Waals surface area contributed by atoms with Crippen LogP contribution in [-0.4, -0.2) is 99.6 Å². The standard InChI is InChI=1S/C13H30N4/c1-13-12-16(4)9-8-14(2)6-7-15(3)10-11-17(13)5/h13H,6-12H2,1-5H3. The Kier molecular flexibility index (Phi) is 6.41. The molecule has 4 nitrogen and oxygen atoms in total. The lowest BCUT2D eigenvalue weighted by Crippen LogP contribution is -2.45. The molecule has 1 aliphatic heterocycles. The Morgan fingerprint density at radius 3 is 1.59 bits per heavy atom. The van der Waals surface area contributed by atoms with Gasteiger partial charge >= 0.3 is 0 Å². The van der Waals surface area contributed by atoms with Crippen LogP contribution in [0.2, 0.25) is 0 Å². The molecule has 0 N–H and O–H groups in total. The van der Waals surface area contributed by atoms with Crippen molar-refractivity contribution < 1.29 is 0 Å². The molecule has 0 saturated carbocycles. The molecule has 1 saturated heterocycles. The first-order valence-electron chi connectivity index (χ1n) is 6.75. The minimum atomic E-state index is 0.637. The average Bonchev–Trinajstić information content (AvgIpc) is 2.29. The van der Waals surface area contributed by atoms with Gasteiger partial charge in [0.2, 0.25) is 0 Å². The van der Waals surface area contributed by atoms with Gasteiger partial charge < -0.3 is 19.6 Å². The van der Waals surface area contributed by atoms with Crippen LogP contribution in [0.3, 0.4) is 0 Å². The fourth-order valence-corrected chi connectivity index (χ4v) is 2.14.